The van der Waals surface area contributed by atoms with Crippen molar-refractivity contribution in [1.82, 2.24) is 4.98 Å². The number of alkyl halides is 3. The van der Waals surface area contributed by atoms with Crippen LogP contribution in [0.1, 0.15) is 11.3 Å². The molecule has 23 heavy (non-hydrogen) atoms. The average Bonchev–Trinajstić information content (AvgIpc) is 2.49. The lowest BCUT2D eigenvalue weighted by Gasteiger charge is -2.08. The maximum atomic E-state index is 12.6. The van der Waals surface area contributed by atoms with Crippen molar-refractivity contribution in [3.8, 4) is 0 Å². The van der Waals surface area contributed by atoms with Gasteiger partial charge in [-0.15, -0.1) is 0 Å². The third-order valence-electron chi connectivity index (χ3n) is 3.03. The standard InChI is InChI=1S/C15H7ClF3N3O/c16-9-5-8(15(17,18)19)7-20-12(9)6-13-14(23)22-11-4-2-1-3-10(11)21-13/h1-7H/b13-6+. The van der Waals surface area contributed by atoms with E-state index in [4.69, 9.17) is 11.6 Å². The smallest absolute Gasteiger partial charge is 0.265 e. The Morgan fingerprint density at radius 1 is 1.09 bits per heavy atom. The molecule has 2 aromatic rings. The number of aromatic nitrogens is 1. The molecule has 1 aliphatic rings. The van der Waals surface area contributed by atoms with Crippen LogP contribution < -0.4 is 10.7 Å². The summed E-state index contributed by atoms with van der Waals surface area (Å²) in [4.78, 5) is 23.6. The van der Waals surface area contributed by atoms with Gasteiger partial charge < -0.3 is 0 Å². The highest BCUT2D eigenvalue weighted by Gasteiger charge is 2.31. The second kappa shape index (κ2) is 5.58. The molecular weight excluding hydrogens is 331 g/mol. The van der Waals surface area contributed by atoms with E-state index in [2.05, 4.69) is 15.0 Å². The largest absolute Gasteiger partial charge is 0.417 e. The Morgan fingerprint density at radius 2 is 1.74 bits per heavy atom. The molecule has 1 aromatic carbocycles. The third-order valence-corrected chi connectivity index (χ3v) is 3.34. The minimum atomic E-state index is -4.54. The highest BCUT2D eigenvalue weighted by atomic mass is 35.5. The molecule has 0 radical (unpaired) electrons. The van der Waals surface area contributed by atoms with Gasteiger partial charge in [0, 0.05) is 6.20 Å². The summed E-state index contributed by atoms with van der Waals surface area (Å²) in [6, 6.07) is 7.50. The van der Waals surface area contributed by atoms with Gasteiger partial charge in [0.05, 0.1) is 27.0 Å². The number of amides is 1. The van der Waals surface area contributed by atoms with Gasteiger partial charge in [-0.1, -0.05) is 23.7 Å². The first kappa shape index (κ1) is 15.4. The van der Waals surface area contributed by atoms with Crippen molar-refractivity contribution in [2.75, 3.05) is 0 Å². The van der Waals surface area contributed by atoms with Crippen LogP contribution in [0.3, 0.4) is 0 Å². The van der Waals surface area contributed by atoms with Crippen molar-refractivity contribution in [3.63, 3.8) is 0 Å². The number of rotatable bonds is 1. The molecule has 1 aromatic heterocycles. The summed E-state index contributed by atoms with van der Waals surface area (Å²) in [5.74, 6) is -0.610. The summed E-state index contributed by atoms with van der Waals surface area (Å²) in [7, 11) is 0. The third kappa shape index (κ3) is 3.14. The number of hydrogen-bond donors (Lipinski definition) is 0. The first-order valence-corrected chi connectivity index (χ1v) is 6.73. The number of halogens is 4. The lowest BCUT2D eigenvalue weighted by Crippen LogP contribution is -2.30. The zero-order valence-corrected chi connectivity index (χ0v) is 12.1. The van der Waals surface area contributed by atoms with Gasteiger partial charge in [-0.25, -0.2) is 9.98 Å². The summed E-state index contributed by atoms with van der Waals surface area (Å²) in [6.07, 6.45) is -2.68. The Morgan fingerprint density at radius 3 is 2.35 bits per heavy atom. The molecule has 0 unspecified atom stereocenters. The molecule has 0 saturated carbocycles. The van der Waals surface area contributed by atoms with Gasteiger partial charge in [-0.3, -0.25) is 9.78 Å². The number of pyridine rings is 1. The quantitative estimate of drug-likeness (QED) is 0.751. The minimum Gasteiger partial charge on any atom is -0.265 e. The molecule has 0 aliphatic carbocycles. The van der Waals surface area contributed by atoms with Crippen molar-refractivity contribution in [3.05, 3.63) is 69.2 Å². The number of benzene rings is 1. The number of carbonyl (C=O) groups excluding carboxylic acids is 1. The molecule has 1 aliphatic heterocycles. The van der Waals surface area contributed by atoms with Crippen molar-refractivity contribution in [2.45, 2.75) is 6.18 Å². The van der Waals surface area contributed by atoms with E-state index in [0.29, 0.717) is 16.9 Å². The van der Waals surface area contributed by atoms with Crippen LogP contribution in [-0.4, -0.2) is 10.9 Å². The van der Waals surface area contributed by atoms with Gasteiger partial charge in [0.1, 0.15) is 5.70 Å². The molecular formula is C15H7ClF3N3O. The van der Waals surface area contributed by atoms with Gasteiger partial charge in [-0.2, -0.15) is 13.2 Å². The molecule has 3 rings (SSSR count). The van der Waals surface area contributed by atoms with Crippen molar-refractivity contribution >= 4 is 23.6 Å². The normalized spacial score (nSPS) is 15.8. The van der Waals surface area contributed by atoms with Gasteiger partial charge in [0.25, 0.3) is 5.91 Å². The second-order valence-corrected chi connectivity index (χ2v) is 5.04. The van der Waals surface area contributed by atoms with E-state index in [1.54, 1.807) is 24.3 Å². The van der Waals surface area contributed by atoms with Crippen LogP contribution in [0.4, 0.5) is 13.2 Å². The zero-order chi connectivity index (χ0) is 16.6. The van der Waals surface area contributed by atoms with E-state index in [-0.39, 0.29) is 16.4 Å². The number of nitrogens with zero attached hydrogens (tertiary/aromatic N) is 3. The van der Waals surface area contributed by atoms with Gasteiger partial charge in [0.2, 0.25) is 0 Å². The summed E-state index contributed by atoms with van der Waals surface area (Å²) >= 11 is 5.81. The Hall–Kier alpha value is -2.54. The lowest BCUT2D eigenvalue weighted by atomic mass is 10.2. The molecule has 0 fully saturated rings. The lowest BCUT2D eigenvalue weighted by molar-refractivity contribution is -0.137. The van der Waals surface area contributed by atoms with E-state index in [1.807, 2.05) is 0 Å². The highest BCUT2D eigenvalue weighted by Crippen LogP contribution is 2.31. The zero-order valence-electron chi connectivity index (χ0n) is 11.3. The van der Waals surface area contributed by atoms with Crippen LogP contribution in [0.15, 0.2) is 52.2 Å². The molecule has 2 heterocycles. The van der Waals surface area contributed by atoms with Crippen LogP contribution in [-0.2, 0) is 11.0 Å². The molecule has 4 nitrogen and oxygen atoms in total. The minimum absolute atomic E-state index is 0.0151. The molecule has 0 saturated heterocycles. The van der Waals surface area contributed by atoms with Crippen LogP contribution in [0.2, 0.25) is 5.02 Å². The van der Waals surface area contributed by atoms with Gasteiger partial charge in [-0.05, 0) is 24.3 Å². The van der Waals surface area contributed by atoms with Crippen LogP contribution in [0, 0.1) is 0 Å². The van der Waals surface area contributed by atoms with Gasteiger partial charge in [0.15, 0.2) is 0 Å². The molecule has 0 bridgehead atoms. The van der Waals surface area contributed by atoms with E-state index < -0.39 is 17.6 Å². The Kier molecular flexibility index (Phi) is 3.73. The number of carbonyl (C=O) groups is 1. The second-order valence-electron chi connectivity index (χ2n) is 4.64. The molecule has 0 N–H and O–H groups in total. The van der Waals surface area contributed by atoms with Gasteiger partial charge >= 0.3 is 6.18 Å². The Labute approximate surface area is 132 Å². The average molecular weight is 338 g/mol. The van der Waals surface area contributed by atoms with Crippen LogP contribution in [0.5, 0.6) is 0 Å². The molecule has 1 amide bonds. The van der Waals surface area contributed by atoms with E-state index >= 15 is 0 Å². The summed E-state index contributed by atoms with van der Waals surface area (Å²) < 4.78 is 37.8. The number of para-hydroxylation sites is 2. The fourth-order valence-electron chi connectivity index (χ4n) is 1.93. The van der Waals surface area contributed by atoms with Crippen molar-refractivity contribution < 1.29 is 18.0 Å². The molecule has 0 atom stereocenters. The van der Waals surface area contributed by atoms with Crippen LogP contribution in [0.25, 0.3) is 6.08 Å². The fraction of sp³-hybridized carbons (Fsp3) is 0.0667. The molecule has 0 spiro atoms. The Bertz CT molecular complexity index is 951. The summed E-state index contributed by atoms with van der Waals surface area (Å²) in [5, 5.41) is 0.691. The summed E-state index contributed by atoms with van der Waals surface area (Å²) in [5.41, 5.74) is -0.995. The maximum absolute atomic E-state index is 12.6. The predicted molar refractivity (Wildman–Crippen MR) is 76.0 cm³/mol. The highest BCUT2D eigenvalue weighted by molar-refractivity contribution is 6.32. The maximum Gasteiger partial charge on any atom is 0.417 e. The topological polar surface area (TPSA) is 54.7 Å². The van der Waals surface area contributed by atoms with Crippen LogP contribution >= 0.6 is 11.6 Å². The van der Waals surface area contributed by atoms with Crippen molar-refractivity contribution in [1.29, 1.82) is 0 Å². The number of fused-ring (bicyclic) bond motifs is 1. The first-order valence-electron chi connectivity index (χ1n) is 6.36. The number of hydrogen-bond acceptors (Lipinski definition) is 3. The first-order chi connectivity index (χ1) is 10.8. The summed E-state index contributed by atoms with van der Waals surface area (Å²) in [6.45, 7) is 0. The van der Waals surface area contributed by atoms with Crippen molar-refractivity contribution in [2.24, 2.45) is 9.98 Å². The monoisotopic (exact) mass is 337 g/mol. The SMILES string of the molecule is O=C1N=c2ccccc2=N/C1=C/c1ncc(C(F)(F)F)cc1Cl. The predicted octanol–water partition coefficient (Wildman–Crippen LogP) is 2.57. The fourth-order valence-corrected chi connectivity index (χ4v) is 2.15. The van der Waals surface area contributed by atoms with E-state index in [1.165, 1.54) is 6.08 Å². The molecule has 8 heteroatoms. The molecule has 116 valence electrons. The Balaban J connectivity index is 2.06. The van der Waals surface area contributed by atoms with E-state index in [0.717, 1.165) is 6.07 Å². The van der Waals surface area contributed by atoms with E-state index in [9.17, 15) is 18.0 Å².